The van der Waals surface area contributed by atoms with Crippen molar-refractivity contribution in [3.8, 4) is 0 Å². The van der Waals surface area contributed by atoms with Crippen LogP contribution in [-0.4, -0.2) is 26.6 Å². The molecule has 0 fully saturated rings. The summed E-state index contributed by atoms with van der Waals surface area (Å²) < 4.78 is 27.2. The second-order valence-corrected chi connectivity index (χ2v) is 8.11. The van der Waals surface area contributed by atoms with Crippen LogP contribution in [0.2, 0.25) is 0 Å². The zero-order chi connectivity index (χ0) is 18.9. The molecule has 0 spiro atoms. The van der Waals surface area contributed by atoms with Gasteiger partial charge in [-0.3, -0.25) is 9.80 Å². The number of anilines is 1. The Balaban J connectivity index is 1.78. The molecular formula is C19H21N3O3S. The topological polar surface area (TPSA) is 78.8 Å². The van der Waals surface area contributed by atoms with Crippen molar-refractivity contribution < 1.29 is 13.2 Å². The van der Waals surface area contributed by atoms with Gasteiger partial charge in [0, 0.05) is 24.2 Å². The van der Waals surface area contributed by atoms with E-state index in [0.717, 1.165) is 29.9 Å². The van der Waals surface area contributed by atoms with Crippen LogP contribution in [0.15, 0.2) is 52.5 Å². The molecule has 0 atom stereocenters. The number of amides is 1. The van der Waals surface area contributed by atoms with E-state index in [1.54, 1.807) is 43.3 Å². The van der Waals surface area contributed by atoms with Crippen molar-refractivity contribution in [2.24, 2.45) is 5.10 Å². The molecule has 2 aromatic rings. The van der Waals surface area contributed by atoms with Gasteiger partial charge in [0.05, 0.1) is 10.6 Å². The van der Waals surface area contributed by atoms with Gasteiger partial charge in [-0.25, -0.2) is 13.1 Å². The maximum Gasteiger partial charge on any atom is 0.264 e. The van der Waals surface area contributed by atoms with E-state index < -0.39 is 15.9 Å². The molecule has 0 radical (unpaired) electrons. The molecule has 0 bridgehead atoms. The Morgan fingerprint density at radius 2 is 1.77 bits per heavy atom. The first-order chi connectivity index (χ1) is 12.3. The van der Waals surface area contributed by atoms with Crippen LogP contribution in [0, 0.1) is 13.8 Å². The predicted octanol–water partition coefficient (Wildman–Crippen LogP) is 3.01. The van der Waals surface area contributed by atoms with Crippen molar-refractivity contribution in [2.45, 2.75) is 32.1 Å². The van der Waals surface area contributed by atoms with Gasteiger partial charge >= 0.3 is 0 Å². The number of nitrogens with zero attached hydrogens (tertiary/aromatic N) is 2. The van der Waals surface area contributed by atoms with E-state index in [0.29, 0.717) is 5.56 Å². The Labute approximate surface area is 153 Å². The number of nitrogens with one attached hydrogen (secondary N) is 1. The van der Waals surface area contributed by atoms with E-state index >= 15 is 0 Å². The van der Waals surface area contributed by atoms with Gasteiger partial charge < -0.3 is 0 Å². The number of hydrazone groups is 1. The summed E-state index contributed by atoms with van der Waals surface area (Å²) in [5, 5.41) is 6.27. The van der Waals surface area contributed by atoms with E-state index in [1.807, 2.05) is 24.9 Å². The van der Waals surface area contributed by atoms with Crippen molar-refractivity contribution in [2.75, 3.05) is 11.6 Å². The highest BCUT2D eigenvalue weighted by Crippen LogP contribution is 2.21. The minimum atomic E-state index is -3.93. The molecule has 0 aliphatic carbocycles. The second kappa shape index (κ2) is 6.92. The average molecular weight is 371 g/mol. The highest BCUT2D eigenvalue weighted by atomic mass is 32.2. The first kappa shape index (κ1) is 18.1. The lowest BCUT2D eigenvalue weighted by molar-refractivity contribution is 0.0981. The molecule has 3 rings (SSSR count). The van der Waals surface area contributed by atoms with Crippen LogP contribution >= 0.6 is 0 Å². The van der Waals surface area contributed by atoms with Gasteiger partial charge in [-0.15, -0.1) is 0 Å². The van der Waals surface area contributed by atoms with E-state index in [2.05, 4.69) is 9.82 Å². The van der Waals surface area contributed by atoms with E-state index in [-0.39, 0.29) is 10.5 Å². The molecule has 1 N–H and O–H groups in total. The molecule has 6 nitrogen and oxygen atoms in total. The third-order valence-electron chi connectivity index (χ3n) is 4.26. The van der Waals surface area contributed by atoms with Crippen LogP contribution in [0.3, 0.4) is 0 Å². The van der Waals surface area contributed by atoms with Crippen LogP contribution in [0.5, 0.6) is 0 Å². The Kier molecular flexibility index (Phi) is 4.82. The van der Waals surface area contributed by atoms with E-state index in [9.17, 15) is 13.2 Å². The van der Waals surface area contributed by atoms with Gasteiger partial charge in [0.25, 0.3) is 15.9 Å². The van der Waals surface area contributed by atoms with Crippen molar-refractivity contribution in [1.29, 1.82) is 0 Å². The summed E-state index contributed by atoms with van der Waals surface area (Å²) in [6, 6.07) is 11.9. The lowest BCUT2D eigenvalue weighted by Crippen LogP contribution is -2.31. The number of sulfonamides is 1. The summed E-state index contributed by atoms with van der Waals surface area (Å²) in [6.07, 6.45) is 0.913. The quantitative estimate of drug-likeness (QED) is 0.896. The molecular weight excluding hydrogens is 350 g/mol. The monoisotopic (exact) mass is 371 g/mol. The fourth-order valence-electron chi connectivity index (χ4n) is 2.78. The standard InChI is InChI=1S/C19H21N3O3S/c1-13-4-5-14(2)18(12-13)26(24,25)21-19(23)16-6-8-17(9-7-16)22-11-10-15(3)20-22/h4-9,12H,10-11H2,1-3H3,(H,21,23). The molecule has 0 unspecified atom stereocenters. The molecule has 1 aliphatic heterocycles. The number of hydrogen-bond donors (Lipinski definition) is 1. The molecule has 26 heavy (non-hydrogen) atoms. The number of benzene rings is 2. The first-order valence-corrected chi connectivity index (χ1v) is 9.81. The second-order valence-electron chi connectivity index (χ2n) is 6.46. The fourth-order valence-corrected chi connectivity index (χ4v) is 4.08. The van der Waals surface area contributed by atoms with Crippen molar-refractivity contribution in [1.82, 2.24) is 4.72 Å². The van der Waals surface area contributed by atoms with Crippen LogP contribution in [0.1, 0.15) is 34.8 Å². The van der Waals surface area contributed by atoms with Crippen LogP contribution in [0.25, 0.3) is 0 Å². The van der Waals surface area contributed by atoms with Gasteiger partial charge in [0.1, 0.15) is 0 Å². The highest BCUT2D eigenvalue weighted by molar-refractivity contribution is 7.90. The Morgan fingerprint density at radius 1 is 1.08 bits per heavy atom. The fraction of sp³-hybridized carbons (Fsp3) is 0.263. The normalized spacial score (nSPS) is 14.3. The summed E-state index contributed by atoms with van der Waals surface area (Å²) in [6.45, 7) is 6.28. The third kappa shape index (κ3) is 3.77. The van der Waals surface area contributed by atoms with Gasteiger partial charge in [0.2, 0.25) is 0 Å². The van der Waals surface area contributed by atoms with Crippen LogP contribution in [-0.2, 0) is 10.0 Å². The number of aryl methyl sites for hydroxylation is 2. The van der Waals surface area contributed by atoms with Gasteiger partial charge in [-0.1, -0.05) is 12.1 Å². The minimum absolute atomic E-state index is 0.115. The smallest absolute Gasteiger partial charge is 0.264 e. The lowest BCUT2D eigenvalue weighted by atomic mass is 10.2. The molecule has 1 aliphatic rings. The molecule has 0 saturated carbocycles. The first-order valence-electron chi connectivity index (χ1n) is 8.32. The van der Waals surface area contributed by atoms with Crippen molar-refractivity contribution >= 4 is 27.3 Å². The highest BCUT2D eigenvalue weighted by Gasteiger charge is 2.21. The van der Waals surface area contributed by atoms with Gasteiger partial charge in [-0.05, 0) is 62.2 Å². The van der Waals surface area contributed by atoms with E-state index in [4.69, 9.17) is 0 Å². The number of carbonyl (C=O) groups is 1. The predicted molar refractivity (Wildman–Crippen MR) is 102 cm³/mol. The number of carbonyl (C=O) groups excluding carboxylic acids is 1. The summed E-state index contributed by atoms with van der Waals surface area (Å²) in [4.78, 5) is 12.5. The summed E-state index contributed by atoms with van der Waals surface area (Å²) >= 11 is 0. The lowest BCUT2D eigenvalue weighted by Gasteiger charge is -2.14. The minimum Gasteiger partial charge on any atom is -0.268 e. The Bertz CT molecular complexity index is 980. The maximum atomic E-state index is 12.5. The zero-order valence-corrected chi connectivity index (χ0v) is 15.8. The largest absolute Gasteiger partial charge is 0.268 e. The SMILES string of the molecule is CC1=NN(c2ccc(C(=O)NS(=O)(=O)c3cc(C)ccc3C)cc2)CC1. The Hall–Kier alpha value is -2.67. The number of hydrogen-bond acceptors (Lipinski definition) is 5. The van der Waals surface area contributed by atoms with E-state index in [1.165, 1.54) is 0 Å². The molecule has 0 aromatic heterocycles. The van der Waals surface area contributed by atoms with Gasteiger partial charge in [-0.2, -0.15) is 5.10 Å². The maximum absolute atomic E-state index is 12.5. The van der Waals surface area contributed by atoms with Crippen LogP contribution < -0.4 is 9.73 Å². The van der Waals surface area contributed by atoms with Crippen molar-refractivity contribution in [3.05, 3.63) is 59.2 Å². The third-order valence-corrected chi connectivity index (χ3v) is 5.74. The molecule has 2 aromatic carbocycles. The molecule has 1 heterocycles. The summed E-state index contributed by atoms with van der Waals surface area (Å²) in [5.74, 6) is -0.654. The molecule has 136 valence electrons. The molecule has 1 amide bonds. The molecule has 7 heteroatoms. The van der Waals surface area contributed by atoms with Crippen LogP contribution in [0.4, 0.5) is 5.69 Å². The van der Waals surface area contributed by atoms with Gasteiger partial charge in [0.15, 0.2) is 0 Å². The summed E-state index contributed by atoms with van der Waals surface area (Å²) in [7, 11) is -3.93. The zero-order valence-electron chi connectivity index (χ0n) is 15.0. The van der Waals surface area contributed by atoms with Crippen molar-refractivity contribution in [3.63, 3.8) is 0 Å². The molecule has 0 saturated heterocycles. The number of rotatable bonds is 4. The Morgan fingerprint density at radius 3 is 2.38 bits per heavy atom. The average Bonchev–Trinajstić information content (AvgIpc) is 3.03. The summed E-state index contributed by atoms with van der Waals surface area (Å²) in [5.41, 5.74) is 3.62.